The Bertz CT molecular complexity index is 635. The first-order chi connectivity index (χ1) is 8.97. The molecule has 0 saturated heterocycles. The molecule has 0 radical (unpaired) electrons. The van der Waals surface area contributed by atoms with E-state index in [-0.39, 0.29) is 5.69 Å². The second kappa shape index (κ2) is 6.04. The molecule has 2 rings (SSSR count). The van der Waals surface area contributed by atoms with Gasteiger partial charge < -0.3 is 5.32 Å². The third kappa shape index (κ3) is 3.56. The van der Waals surface area contributed by atoms with E-state index in [1.807, 2.05) is 0 Å². The number of thiazole rings is 1. The van der Waals surface area contributed by atoms with Crippen molar-refractivity contribution in [3.63, 3.8) is 0 Å². The standard InChI is InChI=1S/C10H6BrCl2N3O2S/c11-6-1-7(12)8(2-9(6)16(17)18)14-3-5-4-15-10(13)19-5/h1-2,4,14H,3H2. The summed E-state index contributed by atoms with van der Waals surface area (Å²) in [7, 11) is 0. The zero-order valence-corrected chi connectivity index (χ0v) is 13.1. The summed E-state index contributed by atoms with van der Waals surface area (Å²) in [5.74, 6) is 0. The quantitative estimate of drug-likeness (QED) is 0.612. The monoisotopic (exact) mass is 381 g/mol. The number of halogens is 3. The summed E-state index contributed by atoms with van der Waals surface area (Å²) in [5, 5.41) is 14.3. The Morgan fingerprint density at radius 1 is 1.47 bits per heavy atom. The fourth-order valence-electron chi connectivity index (χ4n) is 1.36. The van der Waals surface area contributed by atoms with Crippen LogP contribution < -0.4 is 5.32 Å². The summed E-state index contributed by atoms with van der Waals surface area (Å²) in [5.41, 5.74) is 0.440. The molecule has 0 spiro atoms. The van der Waals surface area contributed by atoms with Gasteiger partial charge in [-0.1, -0.05) is 23.2 Å². The highest BCUT2D eigenvalue weighted by Gasteiger charge is 2.15. The molecular weight excluding hydrogens is 377 g/mol. The zero-order chi connectivity index (χ0) is 14.0. The highest BCUT2D eigenvalue weighted by atomic mass is 79.9. The summed E-state index contributed by atoms with van der Waals surface area (Å²) in [6, 6.07) is 2.87. The lowest BCUT2D eigenvalue weighted by atomic mass is 10.2. The van der Waals surface area contributed by atoms with E-state index in [0.29, 0.717) is 26.2 Å². The Hall–Kier alpha value is -0.890. The molecule has 1 heterocycles. The van der Waals surface area contributed by atoms with Gasteiger partial charge in [0.25, 0.3) is 5.69 Å². The molecule has 5 nitrogen and oxygen atoms in total. The van der Waals surface area contributed by atoms with Crippen LogP contribution in [0.2, 0.25) is 9.49 Å². The number of nitro groups is 1. The Kier molecular flexibility index (Phi) is 4.62. The predicted molar refractivity (Wildman–Crippen MR) is 80.3 cm³/mol. The Balaban J connectivity index is 2.20. The van der Waals surface area contributed by atoms with E-state index in [4.69, 9.17) is 23.2 Å². The van der Waals surface area contributed by atoms with Crippen LogP contribution in [0.5, 0.6) is 0 Å². The second-order valence-corrected chi connectivity index (χ2v) is 6.43. The minimum absolute atomic E-state index is 0.0470. The van der Waals surface area contributed by atoms with Gasteiger partial charge in [0.2, 0.25) is 0 Å². The van der Waals surface area contributed by atoms with Crippen LogP contribution in [0, 0.1) is 10.1 Å². The van der Waals surface area contributed by atoms with Gasteiger partial charge in [0.15, 0.2) is 4.47 Å². The van der Waals surface area contributed by atoms with Crippen molar-refractivity contribution >= 4 is 61.8 Å². The number of rotatable bonds is 4. The van der Waals surface area contributed by atoms with Crippen LogP contribution in [0.1, 0.15) is 4.88 Å². The third-order valence-corrected chi connectivity index (χ3v) is 4.27. The first kappa shape index (κ1) is 14.5. The average Bonchev–Trinajstić information content (AvgIpc) is 2.73. The van der Waals surface area contributed by atoms with E-state index in [9.17, 15) is 10.1 Å². The molecule has 0 atom stereocenters. The fraction of sp³-hybridized carbons (Fsp3) is 0.100. The van der Waals surface area contributed by atoms with Crippen molar-refractivity contribution < 1.29 is 4.92 Å². The normalized spacial score (nSPS) is 10.5. The molecule has 1 N–H and O–H groups in total. The van der Waals surface area contributed by atoms with Crippen LogP contribution >= 0.6 is 50.5 Å². The molecule has 100 valence electrons. The minimum Gasteiger partial charge on any atom is -0.379 e. The number of nitrogens with one attached hydrogen (secondary N) is 1. The topological polar surface area (TPSA) is 68.1 Å². The molecule has 1 aromatic carbocycles. The van der Waals surface area contributed by atoms with Gasteiger partial charge in [-0.3, -0.25) is 10.1 Å². The molecule has 9 heteroatoms. The van der Waals surface area contributed by atoms with Gasteiger partial charge in [0, 0.05) is 17.1 Å². The van der Waals surface area contributed by atoms with Crippen LogP contribution in [-0.4, -0.2) is 9.91 Å². The SMILES string of the molecule is O=[N+]([O-])c1cc(NCc2cnc(Cl)s2)c(Cl)cc1Br. The lowest BCUT2D eigenvalue weighted by molar-refractivity contribution is -0.385. The van der Waals surface area contributed by atoms with Gasteiger partial charge in [-0.2, -0.15) is 0 Å². The molecule has 0 aliphatic rings. The summed E-state index contributed by atoms with van der Waals surface area (Å²) < 4.78 is 0.790. The number of nitrogens with zero attached hydrogens (tertiary/aromatic N) is 2. The van der Waals surface area contributed by atoms with E-state index in [1.54, 1.807) is 6.20 Å². The van der Waals surface area contributed by atoms with E-state index in [0.717, 1.165) is 4.88 Å². The average molecular weight is 383 g/mol. The number of hydrogen-bond donors (Lipinski definition) is 1. The first-order valence-corrected chi connectivity index (χ1v) is 7.31. The maximum absolute atomic E-state index is 10.8. The lowest BCUT2D eigenvalue weighted by Crippen LogP contribution is -2.00. The van der Waals surface area contributed by atoms with Crippen molar-refractivity contribution in [2.75, 3.05) is 5.32 Å². The van der Waals surface area contributed by atoms with E-state index in [1.165, 1.54) is 23.5 Å². The number of anilines is 1. The van der Waals surface area contributed by atoms with Crippen molar-refractivity contribution in [1.29, 1.82) is 0 Å². The Morgan fingerprint density at radius 2 is 2.21 bits per heavy atom. The van der Waals surface area contributed by atoms with Crippen LogP contribution in [0.4, 0.5) is 11.4 Å². The fourth-order valence-corrected chi connectivity index (χ4v) is 3.13. The molecule has 0 amide bonds. The third-order valence-electron chi connectivity index (χ3n) is 2.21. The number of benzene rings is 1. The smallest absolute Gasteiger partial charge is 0.285 e. The first-order valence-electron chi connectivity index (χ1n) is 4.95. The van der Waals surface area contributed by atoms with Crippen LogP contribution in [0.15, 0.2) is 22.8 Å². The number of hydrogen-bond acceptors (Lipinski definition) is 5. The summed E-state index contributed by atoms with van der Waals surface area (Å²) in [6.07, 6.45) is 1.64. The lowest BCUT2D eigenvalue weighted by Gasteiger charge is -2.07. The maximum Gasteiger partial charge on any atom is 0.285 e. The molecule has 0 unspecified atom stereocenters. The van der Waals surface area contributed by atoms with E-state index in [2.05, 4.69) is 26.2 Å². The zero-order valence-electron chi connectivity index (χ0n) is 9.19. The van der Waals surface area contributed by atoms with Gasteiger partial charge in [-0.05, 0) is 22.0 Å². The molecule has 0 aliphatic carbocycles. The van der Waals surface area contributed by atoms with E-state index >= 15 is 0 Å². The van der Waals surface area contributed by atoms with Gasteiger partial charge in [-0.25, -0.2) is 4.98 Å². The molecule has 1 aromatic heterocycles. The molecule has 19 heavy (non-hydrogen) atoms. The number of nitro benzene ring substituents is 1. The largest absolute Gasteiger partial charge is 0.379 e. The van der Waals surface area contributed by atoms with Gasteiger partial charge in [0.1, 0.15) is 0 Å². The summed E-state index contributed by atoms with van der Waals surface area (Å²) in [4.78, 5) is 15.2. The van der Waals surface area contributed by atoms with Gasteiger partial charge in [-0.15, -0.1) is 11.3 Å². The molecule has 0 bridgehead atoms. The molecule has 2 aromatic rings. The van der Waals surface area contributed by atoms with Crippen LogP contribution in [0.3, 0.4) is 0 Å². The summed E-state index contributed by atoms with van der Waals surface area (Å²) in [6.45, 7) is 0.447. The molecule has 0 saturated carbocycles. The van der Waals surface area contributed by atoms with Crippen molar-refractivity contribution in [3.8, 4) is 0 Å². The summed E-state index contributed by atoms with van der Waals surface area (Å²) >= 11 is 16.2. The maximum atomic E-state index is 10.8. The van der Waals surface area contributed by atoms with Crippen molar-refractivity contribution in [1.82, 2.24) is 4.98 Å². The van der Waals surface area contributed by atoms with Crippen LogP contribution in [-0.2, 0) is 6.54 Å². The predicted octanol–water partition coefficient (Wildman–Crippen LogP) is 4.73. The second-order valence-electron chi connectivity index (χ2n) is 3.47. The molecular formula is C10H6BrCl2N3O2S. The minimum atomic E-state index is -0.477. The van der Waals surface area contributed by atoms with E-state index < -0.39 is 4.92 Å². The van der Waals surface area contributed by atoms with Crippen LogP contribution in [0.25, 0.3) is 0 Å². The van der Waals surface area contributed by atoms with Crippen molar-refractivity contribution in [3.05, 3.63) is 47.3 Å². The molecule has 0 aliphatic heterocycles. The highest BCUT2D eigenvalue weighted by molar-refractivity contribution is 9.10. The molecule has 0 fully saturated rings. The van der Waals surface area contributed by atoms with Crippen molar-refractivity contribution in [2.24, 2.45) is 0 Å². The Labute approximate surface area is 130 Å². The number of aromatic nitrogens is 1. The van der Waals surface area contributed by atoms with Gasteiger partial charge >= 0.3 is 0 Å². The highest BCUT2D eigenvalue weighted by Crippen LogP contribution is 2.34. The van der Waals surface area contributed by atoms with Gasteiger partial charge in [0.05, 0.1) is 26.7 Å². The Morgan fingerprint density at radius 3 is 2.79 bits per heavy atom. The van der Waals surface area contributed by atoms with Crippen molar-refractivity contribution in [2.45, 2.75) is 6.54 Å².